The normalized spacial score (nSPS) is 16.2. The highest BCUT2D eigenvalue weighted by Crippen LogP contribution is 2.36. The van der Waals surface area contributed by atoms with E-state index in [2.05, 4.69) is 20.4 Å². The van der Waals surface area contributed by atoms with Gasteiger partial charge in [0, 0.05) is 6.61 Å². The number of unbranched alkanes of at least 4 members (excludes halogenated alkanes) is 11. The summed E-state index contributed by atoms with van der Waals surface area (Å²) in [6.07, 6.45) is 19.1. The smallest absolute Gasteiger partial charge is 0.0703 e. The van der Waals surface area contributed by atoms with Gasteiger partial charge in [0.05, 0.1) is 27.4 Å². The molecule has 0 aromatic heterocycles. The minimum Gasteiger partial charge on any atom is -0.379 e. The summed E-state index contributed by atoms with van der Waals surface area (Å²) in [5.41, 5.74) is 0. The lowest BCUT2D eigenvalue weighted by Gasteiger charge is -2.36. The first-order chi connectivity index (χ1) is 12.6. The van der Waals surface area contributed by atoms with E-state index in [9.17, 15) is 0 Å². The summed E-state index contributed by atoms with van der Waals surface area (Å²) < 4.78 is 11.0. The molecule has 1 saturated heterocycles. The zero-order chi connectivity index (χ0) is 18.9. The number of ether oxygens (including phenoxy) is 2. The lowest BCUT2D eigenvalue weighted by atomic mass is 10.1. The molecule has 0 atom stereocenters. The first-order valence-electron chi connectivity index (χ1n) is 11.8. The van der Waals surface area contributed by atoms with Gasteiger partial charge in [-0.3, -0.25) is 0 Å². The molecule has 0 radical (unpaired) electrons. The lowest BCUT2D eigenvalue weighted by molar-refractivity contribution is 0.0186. The molecule has 1 fully saturated rings. The molecule has 0 aliphatic carbocycles. The molecule has 0 aromatic rings. The van der Waals surface area contributed by atoms with Crippen LogP contribution in [0.15, 0.2) is 0 Å². The monoisotopic (exact) mass is 384 g/mol. The van der Waals surface area contributed by atoms with Crippen LogP contribution in [0.1, 0.15) is 97.3 Å². The first kappa shape index (κ1) is 24.2. The molecule has 1 aliphatic heterocycles. The summed E-state index contributed by atoms with van der Waals surface area (Å²) in [7, 11) is -0.623. The average Bonchev–Trinajstić information content (AvgIpc) is 2.59. The predicted molar refractivity (Wildman–Crippen MR) is 118 cm³/mol. The largest absolute Gasteiger partial charge is 0.379 e. The SMILES string of the molecule is CC(C)OCCOCCCCCCCCCCCCCC[Si]1(C)CCC1. The minimum atomic E-state index is -0.623. The molecule has 26 heavy (non-hydrogen) atoms. The van der Waals surface area contributed by atoms with Gasteiger partial charge >= 0.3 is 0 Å². The zero-order valence-electron chi connectivity index (χ0n) is 18.3. The van der Waals surface area contributed by atoms with E-state index in [0.29, 0.717) is 6.10 Å². The van der Waals surface area contributed by atoms with Crippen LogP contribution in [0, 0.1) is 0 Å². The lowest BCUT2D eigenvalue weighted by Crippen LogP contribution is -2.37. The van der Waals surface area contributed by atoms with Gasteiger partial charge < -0.3 is 9.47 Å². The third-order valence-electron chi connectivity index (χ3n) is 6.06. The van der Waals surface area contributed by atoms with Crippen LogP contribution in [0.4, 0.5) is 0 Å². The van der Waals surface area contributed by atoms with Crippen LogP contribution in [-0.2, 0) is 9.47 Å². The van der Waals surface area contributed by atoms with Crippen molar-refractivity contribution in [2.75, 3.05) is 19.8 Å². The van der Waals surface area contributed by atoms with E-state index in [0.717, 1.165) is 19.8 Å². The molecule has 0 N–H and O–H groups in total. The molecule has 1 rings (SSSR count). The van der Waals surface area contributed by atoms with Crippen molar-refractivity contribution in [1.82, 2.24) is 0 Å². The van der Waals surface area contributed by atoms with Gasteiger partial charge in [-0.2, -0.15) is 0 Å². The quantitative estimate of drug-likeness (QED) is 0.169. The number of hydrogen-bond acceptors (Lipinski definition) is 2. The van der Waals surface area contributed by atoms with E-state index in [1.807, 2.05) is 0 Å². The average molecular weight is 385 g/mol. The summed E-state index contributed by atoms with van der Waals surface area (Å²) in [5.74, 6) is 0. The Kier molecular flexibility index (Phi) is 15.0. The second-order valence-electron chi connectivity index (χ2n) is 9.19. The molecule has 0 bridgehead atoms. The topological polar surface area (TPSA) is 18.5 Å². The van der Waals surface area contributed by atoms with E-state index < -0.39 is 8.07 Å². The maximum absolute atomic E-state index is 5.59. The highest BCUT2D eigenvalue weighted by Gasteiger charge is 2.32. The fourth-order valence-electron chi connectivity index (χ4n) is 4.00. The van der Waals surface area contributed by atoms with Gasteiger partial charge in [0.1, 0.15) is 0 Å². The Labute approximate surface area is 165 Å². The maximum Gasteiger partial charge on any atom is 0.0703 e. The fourth-order valence-corrected chi connectivity index (χ4v) is 7.16. The van der Waals surface area contributed by atoms with Crippen LogP contribution in [0.5, 0.6) is 0 Å². The number of hydrogen-bond donors (Lipinski definition) is 0. The molecule has 2 nitrogen and oxygen atoms in total. The van der Waals surface area contributed by atoms with Crippen LogP contribution in [0.3, 0.4) is 0 Å². The first-order valence-corrected chi connectivity index (χ1v) is 14.9. The second kappa shape index (κ2) is 16.1. The van der Waals surface area contributed by atoms with E-state index in [1.165, 1.54) is 77.0 Å². The Bertz CT molecular complexity index is 303. The van der Waals surface area contributed by atoms with Gasteiger partial charge in [0.15, 0.2) is 0 Å². The fraction of sp³-hybridized carbons (Fsp3) is 1.00. The predicted octanol–water partition coefficient (Wildman–Crippen LogP) is 7.59. The van der Waals surface area contributed by atoms with Crippen LogP contribution in [0.2, 0.25) is 24.7 Å². The van der Waals surface area contributed by atoms with Crippen molar-refractivity contribution in [2.24, 2.45) is 0 Å². The maximum atomic E-state index is 5.59. The van der Waals surface area contributed by atoms with Crippen molar-refractivity contribution >= 4 is 8.07 Å². The van der Waals surface area contributed by atoms with Crippen molar-refractivity contribution < 1.29 is 9.47 Å². The highest BCUT2D eigenvalue weighted by atomic mass is 28.3. The molecule has 0 aromatic carbocycles. The van der Waals surface area contributed by atoms with E-state index in [1.54, 1.807) is 24.6 Å². The van der Waals surface area contributed by atoms with Crippen LogP contribution in [-0.4, -0.2) is 34.0 Å². The summed E-state index contributed by atoms with van der Waals surface area (Å²) in [4.78, 5) is 0. The summed E-state index contributed by atoms with van der Waals surface area (Å²) in [5, 5.41) is 0. The van der Waals surface area contributed by atoms with Crippen molar-refractivity contribution in [3.63, 3.8) is 0 Å². The van der Waals surface area contributed by atoms with Gasteiger partial charge in [0.25, 0.3) is 0 Å². The third kappa shape index (κ3) is 14.2. The van der Waals surface area contributed by atoms with Crippen molar-refractivity contribution in [1.29, 1.82) is 0 Å². The van der Waals surface area contributed by atoms with Crippen LogP contribution < -0.4 is 0 Å². The van der Waals surface area contributed by atoms with Crippen molar-refractivity contribution in [2.45, 2.75) is 128 Å². The molecular weight excluding hydrogens is 336 g/mol. The van der Waals surface area contributed by atoms with Gasteiger partial charge in [-0.15, -0.1) is 0 Å². The van der Waals surface area contributed by atoms with Crippen LogP contribution >= 0.6 is 0 Å². The Morgan fingerprint density at radius 2 is 1.15 bits per heavy atom. The molecule has 0 unspecified atom stereocenters. The number of rotatable bonds is 19. The highest BCUT2D eigenvalue weighted by molar-refractivity contribution is 6.81. The van der Waals surface area contributed by atoms with Gasteiger partial charge in [-0.1, -0.05) is 102 Å². The molecule has 1 heterocycles. The third-order valence-corrected chi connectivity index (χ3v) is 10.7. The zero-order valence-corrected chi connectivity index (χ0v) is 19.3. The molecule has 0 amide bonds. The Hall–Kier alpha value is 0.137. The van der Waals surface area contributed by atoms with Crippen molar-refractivity contribution in [3.8, 4) is 0 Å². The second-order valence-corrected chi connectivity index (χ2v) is 14.3. The standard InChI is InChI=1S/C23H48O2Si/c1-23(2)25-19-18-24-17-14-12-10-8-6-4-5-7-9-11-13-15-20-26(3)21-16-22-26/h23H,4-22H2,1-3H3. The molecule has 156 valence electrons. The Morgan fingerprint density at radius 3 is 1.62 bits per heavy atom. The van der Waals surface area contributed by atoms with Gasteiger partial charge in [-0.05, 0) is 20.3 Å². The molecule has 1 aliphatic rings. The minimum absolute atomic E-state index is 0.320. The summed E-state index contributed by atoms with van der Waals surface area (Å²) >= 11 is 0. The molecular formula is C23H48O2Si. The van der Waals surface area contributed by atoms with E-state index in [-0.39, 0.29) is 0 Å². The Morgan fingerprint density at radius 1 is 0.654 bits per heavy atom. The van der Waals surface area contributed by atoms with Gasteiger partial charge in [0.2, 0.25) is 0 Å². The Balaban J connectivity index is 1.65. The summed E-state index contributed by atoms with van der Waals surface area (Å²) in [6.45, 7) is 9.16. The molecule has 0 spiro atoms. The van der Waals surface area contributed by atoms with E-state index >= 15 is 0 Å². The molecule has 3 heteroatoms. The van der Waals surface area contributed by atoms with Crippen LogP contribution in [0.25, 0.3) is 0 Å². The van der Waals surface area contributed by atoms with Gasteiger partial charge in [-0.25, -0.2) is 0 Å². The summed E-state index contributed by atoms with van der Waals surface area (Å²) in [6, 6.07) is 4.89. The molecule has 0 saturated carbocycles. The van der Waals surface area contributed by atoms with Crippen molar-refractivity contribution in [3.05, 3.63) is 0 Å². The van der Waals surface area contributed by atoms with E-state index in [4.69, 9.17) is 9.47 Å².